The molecule has 2 aromatic rings. The standard InChI is InChI=1S/C17H19ClN2O2/c1-20(2)15-9-5-13(6-10-15)17(22)19-16(11-21)12-3-7-14(18)8-4-12/h3-10,16,21H,11H2,1-2H3,(H,19,22). The predicted molar refractivity (Wildman–Crippen MR) is 89.5 cm³/mol. The van der Waals surface area contributed by atoms with Gasteiger partial charge in [-0.1, -0.05) is 23.7 Å². The SMILES string of the molecule is CN(C)c1ccc(C(=O)NC(CO)c2ccc(Cl)cc2)cc1. The van der Waals surface area contributed by atoms with E-state index in [0.717, 1.165) is 11.3 Å². The van der Waals surface area contributed by atoms with Gasteiger partial charge in [0.1, 0.15) is 0 Å². The van der Waals surface area contributed by atoms with Crippen molar-refractivity contribution in [2.24, 2.45) is 0 Å². The van der Waals surface area contributed by atoms with E-state index in [4.69, 9.17) is 11.6 Å². The summed E-state index contributed by atoms with van der Waals surface area (Å²) in [6, 6.07) is 13.9. The third-order valence-electron chi connectivity index (χ3n) is 3.41. The van der Waals surface area contributed by atoms with Gasteiger partial charge >= 0.3 is 0 Å². The second-order valence-electron chi connectivity index (χ2n) is 5.20. The molecule has 0 bridgehead atoms. The highest BCUT2D eigenvalue weighted by Crippen LogP contribution is 2.18. The van der Waals surface area contributed by atoms with Gasteiger partial charge in [-0.2, -0.15) is 0 Å². The largest absolute Gasteiger partial charge is 0.394 e. The number of anilines is 1. The molecule has 0 aliphatic rings. The minimum absolute atomic E-state index is 0.177. The Morgan fingerprint density at radius 1 is 1.14 bits per heavy atom. The molecule has 0 aromatic heterocycles. The molecule has 0 saturated carbocycles. The van der Waals surface area contributed by atoms with E-state index in [-0.39, 0.29) is 12.5 Å². The molecule has 2 aromatic carbocycles. The molecular formula is C17H19ClN2O2. The summed E-state index contributed by atoms with van der Waals surface area (Å²) in [6.07, 6.45) is 0. The molecule has 0 heterocycles. The van der Waals surface area contributed by atoms with Crippen LogP contribution in [0.5, 0.6) is 0 Å². The van der Waals surface area contributed by atoms with Crippen LogP contribution in [0.3, 0.4) is 0 Å². The molecule has 0 radical (unpaired) electrons. The number of carbonyl (C=O) groups is 1. The molecule has 4 nitrogen and oxygen atoms in total. The number of aliphatic hydroxyl groups excluding tert-OH is 1. The van der Waals surface area contributed by atoms with E-state index in [2.05, 4.69) is 5.32 Å². The van der Waals surface area contributed by atoms with E-state index in [1.807, 2.05) is 31.1 Å². The number of aliphatic hydroxyl groups is 1. The highest BCUT2D eigenvalue weighted by Gasteiger charge is 2.15. The second-order valence-corrected chi connectivity index (χ2v) is 5.64. The Kier molecular flexibility index (Phi) is 5.41. The lowest BCUT2D eigenvalue weighted by Gasteiger charge is -2.17. The van der Waals surface area contributed by atoms with Crippen molar-refractivity contribution in [3.63, 3.8) is 0 Å². The van der Waals surface area contributed by atoms with Crippen molar-refractivity contribution >= 4 is 23.2 Å². The van der Waals surface area contributed by atoms with Crippen molar-refractivity contribution < 1.29 is 9.90 Å². The Balaban J connectivity index is 2.10. The summed E-state index contributed by atoms with van der Waals surface area (Å²) in [7, 11) is 3.88. The van der Waals surface area contributed by atoms with Crippen molar-refractivity contribution in [1.29, 1.82) is 0 Å². The van der Waals surface area contributed by atoms with Crippen LogP contribution >= 0.6 is 11.6 Å². The molecule has 0 fully saturated rings. The number of benzene rings is 2. The Morgan fingerprint density at radius 2 is 1.73 bits per heavy atom. The average Bonchev–Trinajstić information content (AvgIpc) is 2.53. The quantitative estimate of drug-likeness (QED) is 0.891. The van der Waals surface area contributed by atoms with Crippen LogP contribution in [0.1, 0.15) is 22.0 Å². The Bertz CT molecular complexity index is 624. The van der Waals surface area contributed by atoms with Crippen LogP contribution in [-0.2, 0) is 0 Å². The van der Waals surface area contributed by atoms with Gasteiger partial charge in [-0.05, 0) is 42.0 Å². The van der Waals surface area contributed by atoms with E-state index >= 15 is 0 Å². The van der Waals surface area contributed by atoms with Gasteiger partial charge < -0.3 is 15.3 Å². The lowest BCUT2D eigenvalue weighted by atomic mass is 10.1. The lowest BCUT2D eigenvalue weighted by Crippen LogP contribution is -2.30. The summed E-state index contributed by atoms with van der Waals surface area (Å²) in [4.78, 5) is 14.2. The number of rotatable bonds is 5. The first kappa shape index (κ1) is 16.3. The minimum atomic E-state index is -0.460. The smallest absolute Gasteiger partial charge is 0.251 e. The Morgan fingerprint density at radius 3 is 2.23 bits per heavy atom. The van der Waals surface area contributed by atoms with E-state index in [1.54, 1.807) is 36.4 Å². The molecule has 116 valence electrons. The van der Waals surface area contributed by atoms with E-state index in [1.165, 1.54) is 0 Å². The summed E-state index contributed by atoms with van der Waals surface area (Å²) >= 11 is 5.85. The number of halogens is 1. The number of amides is 1. The highest BCUT2D eigenvalue weighted by atomic mass is 35.5. The molecular weight excluding hydrogens is 300 g/mol. The van der Waals surface area contributed by atoms with Crippen molar-refractivity contribution in [3.8, 4) is 0 Å². The maximum atomic E-state index is 12.3. The summed E-state index contributed by atoms with van der Waals surface area (Å²) < 4.78 is 0. The van der Waals surface area contributed by atoms with Crippen LogP contribution in [0, 0.1) is 0 Å². The topological polar surface area (TPSA) is 52.6 Å². The molecule has 1 amide bonds. The van der Waals surface area contributed by atoms with Crippen LogP contribution in [0.4, 0.5) is 5.69 Å². The summed E-state index contributed by atoms with van der Waals surface area (Å²) in [5.74, 6) is -0.223. The Hall–Kier alpha value is -2.04. The van der Waals surface area contributed by atoms with Gasteiger partial charge in [0.05, 0.1) is 12.6 Å². The zero-order chi connectivity index (χ0) is 16.1. The van der Waals surface area contributed by atoms with Crippen LogP contribution in [0.15, 0.2) is 48.5 Å². The van der Waals surface area contributed by atoms with Crippen molar-refractivity contribution in [1.82, 2.24) is 5.32 Å². The van der Waals surface area contributed by atoms with E-state index in [0.29, 0.717) is 10.6 Å². The minimum Gasteiger partial charge on any atom is -0.394 e. The molecule has 0 aliphatic heterocycles. The maximum absolute atomic E-state index is 12.3. The summed E-state index contributed by atoms with van der Waals surface area (Å²) in [5.41, 5.74) is 2.39. The van der Waals surface area contributed by atoms with Crippen molar-refractivity contribution in [2.45, 2.75) is 6.04 Å². The molecule has 1 atom stereocenters. The van der Waals surface area contributed by atoms with Gasteiger partial charge in [0, 0.05) is 30.4 Å². The Labute approximate surface area is 135 Å². The van der Waals surface area contributed by atoms with Gasteiger partial charge in [0.2, 0.25) is 0 Å². The molecule has 1 unspecified atom stereocenters. The molecule has 2 rings (SSSR count). The zero-order valence-corrected chi connectivity index (χ0v) is 13.3. The van der Waals surface area contributed by atoms with Crippen molar-refractivity contribution in [3.05, 3.63) is 64.7 Å². The molecule has 5 heteroatoms. The normalized spacial score (nSPS) is 11.8. The first-order valence-electron chi connectivity index (χ1n) is 6.96. The monoisotopic (exact) mass is 318 g/mol. The van der Waals surface area contributed by atoms with Gasteiger partial charge in [-0.3, -0.25) is 4.79 Å². The predicted octanol–water partition coefficient (Wildman–Crippen LogP) is 2.87. The maximum Gasteiger partial charge on any atom is 0.251 e. The number of hydrogen-bond donors (Lipinski definition) is 2. The molecule has 0 saturated heterocycles. The van der Waals surface area contributed by atoms with E-state index in [9.17, 15) is 9.90 Å². The van der Waals surface area contributed by atoms with Gasteiger partial charge in [-0.15, -0.1) is 0 Å². The van der Waals surface area contributed by atoms with Gasteiger partial charge in [-0.25, -0.2) is 0 Å². The number of nitrogens with zero attached hydrogens (tertiary/aromatic N) is 1. The van der Waals surface area contributed by atoms with Crippen LogP contribution in [-0.4, -0.2) is 31.7 Å². The number of nitrogens with one attached hydrogen (secondary N) is 1. The number of carbonyl (C=O) groups excluding carboxylic acids is 1. The fourth-order valence-electron chi connectivity index (χ4n) is 2.08. The third kappa shape index (κ3) is 4.00. The first-order chi connectivity index (χ1) is 10.5. The fraction of sp³-hybridized carbons (Fsp3) is 0.235. The van der Waals surface area contributed by atoms with Gasteiger partial charge in [0.15, 0.2) is 0 Å². The average molecular weight is 319 g/mol. The van der Waals surface area contributed by atoms with Crippen LogP contribution < -0.4 is 10.2 Å². The van der Waals surface area contributed by atoms with Crippen molar-refractivity contribution in [2.75, 3.05) is 25.6 Å². The zero-order valence-electron chi connectivity index (χ0n) is 12.6. The van der Waals surface area contributed by atoms with Gasteiger partial charge in [0.25, 0.3) is 5.91 Å². The second kappa shape index (κ2) is 7.29. The summed E-state index contributed by atoms with van der Waals surface area (Å²) in [5, 5.41) is 12.9. The third-order valence-corrected chi connectivity index (χ3v) is 3.66. The first-order valence-corrected chi connectivity index (χ1v) is 7.33. The molecule has 22 heavy (non-hydrogen) atoms. The highest BCUT2D eigenvalue weighted by molar-refractivity contribution is 6.30. The molecule has 0 aliphatic carbocycles. The number of hydrogen-bond acceptors (Lipinski definition) is 3. The fourth-order valence-corrected chi connectivity index (χ4v) is 2.21. The molecule has 2 N–H and O–H groups in total. The lowest BCUT2D eigenvalue weighted by molar-refractivity contribution is 0.0916. The van der Waals surface area contributed by atoms with E-state index < -0.39 is 6.04 Å². The summed E-state index contributed by atoms with van der Waals surface area (Å²) in [6.45, 7) is -0.177. The van der Waals surface area contributed by atoms with Crippen LogP contribution in [0.25, 0.3) is 0 Å². The molecule has 0 spiro atoms. The van der Waals surface area contributed by atoms with Crippen LogP contribution in [0.2, 0.25) is 5.02 Å².